The third-order valence-corrected chi connectivity index (χ3v) is 8.81. The number of piperazine rings is 1. The van der Waals surface area contributed by atoms with Crippen molar-refractivity contribution in [2.24, 2.45) is 5.92 Å². The van der Waals surface area contributed by atoms with Gasteiger partial charge in [-0.25, -0.2) is 0 Å². The molecule has 1 saturated carbocycles. The van der Waals surface area contributed by atoms with E-state index < -0.39 is 5.54 Å². The zero-order valence-corrected chi connectivity index (χ0v) is 21.8. The highest BCUT2D eigenvalue weighted by Crippen LogP contribution is 2.39. The number of aromatic nitrogens is 2. The molecule has 1 aromatic heterocycles. The minimum absolute atomic E-state index is 0.0902. The summed E-state index contributed by atoms with van der Waals surface area (Å²) in [7, 11) is 0. The lowest BCUT2D eigenvalue weighted by Crippen LogP contribution is -2.73. The molecule has 190 valence electrons. The van der Waals surface area contributed by atoms with E-state index in [1.165, 1.54) is 37.7 Å². The molecule has 1 unspecified atom stereocenters. The van der Waals surface area contributed by atoms with Crippen LogP contribution in [-0.4, -0.2) is 63.0 Å². The Kier molecular flexibility index (Phi) is 8.01. The van der Waals surface area contributed by atoms with E-state index in [4.69, 9.17) is 0 Å². The number of aromatic amines is 1. The predicted octanol–water partition coefficient (Wildman–Crippen LogP) is 4.41. The van der Waals surface area contributed by atoms with Crippen LogP contribution in [0.1, 0.15) is 107 Å². The Morgan fingerprint density at radius 2 is 1.79 bits per heavy atom. The summed E-state index contributed by atoms with van der Waals surface area (Å²) < 4.78 is 0. The minimum atomic E-state index is -0.690. The van der Waals surface area contributed by atoms with Gasteiger partial charge in [-0.2, -0.15) is 5.10 Å². The maximum absolute atomic E-state index is 13.8. The molecule has 0 radical (unpaired) electrons. The fourth-order valence-corrected chi connectivity index (χ4v) is 6.83. The highest BCUT2D eigenvalue weighted by atomic mass is 16.2. The first-order chi connectivity index (χ1) is 16.4. The number of piperidine rings is 1. The van der Waals surface area contributed by atoms with E-state index in [2.05, 4.69) is 48.1 Å². The van der Waals surface area contributed by atoms with Crippen LogP contribution in [0.4, 0.5) is 0 Å². The van der Waals surface area contributed by atoms with Crippen LogP contribution in [-0.2, 0) is 9.59 Å². The number of unbranched alkanes of at least 4 members (excludes halogenated alkanes) is 1. The number of likely N-dealkylation sites (tertiary alicyclic amines) is 1. The normalized spacial score (nSPS) is 25.1. The summed E-state index contributed by atoms with van der Waals surface area (Å²) in [5, 5.41) is 10.8. The average Bonchev–Trinajstić information content (AvgIpc) is 3.18. The first-order valence-electron chi connectivity index (χ1n) is 13.8. The third kappa shape index (κ3) is 4.77. The van der Waals surface area contributed by atoms with Crippen LogP contribution >= 0.6 is 0 Å². The van der Waals surface area contributed by atoms with Crippen molar-refractivity contribution >= 4 is 11.8 Å². The monoisotopic (exact) mass is 471 g/mol. The van der Waals surface area contributed by atoms with Gasteiger partial charge in [-0.05, 0) is 51.9 Å². The first kappa shape index (κ1) is 25.2. The first-order valence-corrected chi connectivity index (χ1v) is 13.8. The molecule has 4 rings (SSSR count). The molecule has 1 spiro atoms. The van der Waals surface area contributed by atoms with E-state index in [0.29, 0.717) is 31.3 Å². The van der Waals surface area contributed by atoms with E-state index in [9.17, 15) is 9.59 Å². The van der Waals surface area contributed by atoms with Gasteiger partial charge >= 0.3 is 0 Å². The van der Waals surface area contributed by atoms with Gasteiger partial charge < -0.3 is 10.2 Å². The molecular formula is C27H45N5O2. The lowest BCUT2D eigenvalue weighted by atomic mass is 9.78. The van der Waals surface area contributed by atoms with Crippen LogP contribution in [0.5, 0.6) is 0 Å². The van der Waals surface area contributed by atoms with Gasteiger partial charge in [0.15, 0.2) is 0 Å². The molecule has 7 heteroatoms. The summed E-state index contributed by atoms with van der Waals surface area (Å²) in [4.78, 5) is 32.0. The van der Waals surface area contributed by atoms with Crippen LogP contribution < -0.4 is 5.32 Å². The largest absolute Gasteiger partial charge is 0.342 e. The van der Waals surface area contributed by atoms with Crippen LogP contribution in [0.25, 0.3) is 0 Å². The summed E-state index contributed by atoms with van der Waals surface area (Å²) in [6.45, 7) is 10.9. The smallest absolute Gasteiger partial charge is 0.246 e. The van der Waals surface area contributed by atoms with E-state index >= 15 is 0 Å². The lowest BCUT2D eigenvalue weighted by molar-refractivity contribution is -0.162. The Hall–Kier alpha value is -1.89. The molecule has 3 fully saturated rings. The maximum Gasteiger partial charge on any atom is 0.246 e. The molecule has 1 aliphatic carbocycles. The fourth-order valence-electron chi connectivity index (χ4n) is 6.83. The second-order valence-corrected chi connectivity index (χ2v) is 10.9. The zero-order valence-electron chi connectivity index (χ0n) is 21.8. The number of aryl methyl sites for hydroxylation is 2. The predicted molar refractivity (Wildman–Crippen MR) is 134 cm³/mol. The van der Waals surface area contributed by atoms with Gasteiger partial charge in [0.1, 0.15) is 11.6 Å². The highest BCUT2D eigenvalue weighted by molar-refractivity contribution is 6.00. The zero-order chi connectivity index (χ0) is 24.3. The molecule has 34 heavy (non-hydrogen) atoms. The number of nitrogens with zero attached hydrogens (tertiary/aromatic N) is 3. The van der Waals surface area contributed by atoms with Gasteiger partial charge in [0.25, 0.3) is 0 Å². The molecule has 2 saturated heterocycles. The van der Waals surface area contributed by atoms with Crippen molar-refractivity contribution in [3.8, 4) is 0 Å². The molecule has 3 heterocycles. The van der Waals surface area contributed by atoms with Gasteiger partial charge in [0.05, 0.1) is 5.69 Å². The minimum Gasteiger partial charge on any atom is -0.342 e. The molecule has 0 aromatic carbocycles. The number of rotatable bonds is 8. The molecule has 2 aliphatic heterocycles. The Balaban J connectivity index is 1.50. The van der Waals surface area contributed by atoms with Gasteiger partial charge in [-0.1, -0.05) is 52.4 Å². The van der Waals surface area contributed by atoms with Gasteiger partial charge in [0.2, 0.25) is 11.8 Å². The maximum atomic E-state index is 13.8. The molecule has 3 aliphatic rings. The van der Waals surface area contributed by atoms with Crippen molar-refractivity contribution in [1.29, 1.82) is 0 Å². The average molecular weight is 472 g/mol. The van der Waals surface area contributed by atoms with Crippen molar-refractivity contribution < 1.29 is 9.59 Å². The molecule has 7 nitrogen and oxygen atoms in total. The second kappa shape index (κ2) is 10.8. The van der Waals surface area contributed by atoms with Crippen LogP contribution in [0.2, 0.25) is 0 Å². The summed E-state index contributed by atoms with van der Waals surface area (Å²) in [6, 6.07) is -0.0441. The second-order valence-electron chi connectivity index (χ2n) is 10.9. The molecular weight excluding hydrogens is 426 g/mol. The van der Waals surface area contributed by atoms with Crippen LogP contribution in [0.3, 0.4) is 0 Å². The van der Waals surface area contributed by atoms with Gasteiger partial charge in [-0.15, -0.1) is 0 Å². The number of hydrogen-bond acceptors (Lipinski definition) is 4. The van der Waals surface area contributed by atoms with Gasteiger partial charge in [0, 0.05) is 36.9 Å². The summed E-state index contributed by atoms with van der Waals surface area (Å²) in [5.41, 5.74) is 2.79. The summed E-state index contributed by atoms with van der Waals surface area (Å²) >= 11 is 0. The number of amides is 2. The molecule has 2 atom stereocenters. The van der Waals surface area contributed by atoms with Crippen LogP contribution in [0.15, 0.2) is 0 Å². The van der Waals surface area contributed by atoms with E-state index in [0.717, 1.165) is 50.2 Å². The summed E-state index contributed by atoms with van der Waals surface area (Å²) in [5.74, 6) is 0.826. The molecule has 2 amide bonds. The Labute approximate surface area is 205 Å². The molecule has 0 bridgehead atoms. The van der Waals surface area contributed by atoms with E-state index in [1.807, 2.05) is 4.90 Å². The van der Waals surface area contributed by atoms with Crippen molar-refractivity contribution in [2.45, 2.75) is 116 Å². The van der Waals surface area contributed by atoms with Crippen molar-refractivity contribution in [3.63, 3.8) is 0 Å². The number of carbonyl (C=O) groups excluding carboxylic acids is 2. The SMILES string of the molecule is CCCCN1C(=O)[C@H](CC2CCCCC2)NC(=O)C12CCN(C(CC)c1c(C)n[nH]c1C)CC2. The topological polar surface area (TPSA) is 81.3 Å². The lowest BCUT2D eigenvalue weighted by Gasteiger charge is -2.53. The third-order valence-electron chi connectivity index (χ3n) is 8.81. The Morgan fingerprint density at radius 3 is 2.38 bits per heavy atom. The molecule has 2 N–H and O–H groups in total. The van der Waals surface area contributed by atoms with E-state index in [-0.39, 0.29) is 17.9 Å². The number of H-pyrrole nitrogens is 1. The Bertz CT molecular complexity index is 832. The fraction of sp³-hybridized carbons (Fsp3) is 0.815. The van der Waals surface area contributed by atoms with Gasteiger partial charge in [-0.3, -0.25) is 19.6 Å². The highest BCUT2D eigenvalue weighted by Gasteiger charge is 2.54. The molecule has 1 aromatic rings. The van der Waals surface area contributed by atoms with Crippen molar-refractivity contribution in [2.75, 3.05) is 19.6 Å². The standard InChI is InChI=1S/C27H45N5O2/c1-5-7-15-32-25(33)22(18-21-11-9-8-10-12-21)28-26(34)27(32)13-16-31(17-14-27)23(6-2)24-19(3)29-30-20(24)4/h21-23H,5-18H2,1-4H3,(H,28,34)(H,29,30)/t22-,23?/m0/s1. The van der Waals surface area contributed by atoms with E-state index in [1.54, 1.807) is 0 Å². The number of carbonyl (C=O) groups is 2. The number of nitrogens with one attached hydrogen (secondary N) is 2. The summed E-state index contributed by atoms with van der Waals surface area (Å²) in [6.07, 6.45) is 11.4. The van der Waals surface area contributed by atoms with Crippen LogP contribution in [0, 0.1) is 19.8 Å². The quantitative estimate of drug-likeness (QED) is 0.588. The van der Waals surface area contributed by atoms with Crippen molar-refractivity contribution in [3.05, 3.63) is 17.0 Å². The van der Waals surface area contributed by atoms with Crippen molar-refractivity contribution in [1.82, 2.24) is 25.3 Å². The Morgan fingerprint density at radius 1 is 1.09 bits per heavy atom. The number of hydrogen-bond donors (Lipinski definition) is 2.